The minimum atomic E-state index is -1.97. The monoisotopic (exact) mass is 257 g/mol. The van der Waals surface area contributed by atoms with E-state index >= 15 is 0 Å². The third-order valence-corrected chi connectivity index (χ3v) is 2.47. The maximum Gasteiger partial charge on any atom is 0.342 e. The Hall–Kier alpha value is -1.36. The molecule has 0 aliphatic rings. The van der Waals surface area contributed by atoms with E-state index in [1.54, 1.807) is 19.9 Å². The maximum absolute atomic E-state index is 11.7. The van der Waals surface area contributed by atoms with E-state index in [0.717, 1.165) is 19.3 Å². The number of nitrogens with two attached hydrogens (primary N) is 1. The highest BCUT2D eigenvalue weighted by Crippen LogP contribution is 2.17. The SMILES string of the molecule is CCCCC=COC(=O)[C@](N)(CC(C)C)C(=O)O. The first-order chi connectivity index (χ1) is 8.34. The first-order valence-corrected chi connectivity index (χ1v) is 6.23. The molecule has 0 rings (SSSR count). The van der Waals surface area contributed by atoms with Crippen LogP contribution in [0.25, 0.3) is 0 Å². The fraction of sp³-hybridized carbons (Fsp3) is 0.692. The van der Waals surface area contributed by atoms with Crippen molar-refractivity contribution in [3.8, 4) is 0 Å². The van der Waals surface area contributed by atoms with E-state index in [0.29, 0.717) is 0 Å². The number of carbonyl (C=O) groups is 2. The van der Waals surface area contributed by atoms with Crippen molar-refractivity contribution in [3.63, 3.8) is 0 Å². The fourth-order valence-corrected chi connectivity index (χ4v) is 1.51. The Kier molecular flexibility index (Phi) is 7.27. The average molecular weight is 257 g/mol. The Morgan fingerprint density at radius 2 is 2.06 bits per heavy atom. The van der Waals surface area contributed by atoms with Gasteiger partial charge in [-0.05, 0) is 31.3 Å². The highest BCUT2D eigenvalue weighted by Gasteiger charge is 2.44. The molecule has 0 radical (unpaired) electrons. The number of hydrogen-bond acceptors (Lipinski definition) is 4. The van der Waals surface area contributed by atoms with Crippen LogP contribution >= 0.6 is 0 Å². The molecule has 5 nitrogen and oxygen atoms in total. The van der Waals surface area contributed by atoms with E-state index in [9.17, 15) is 9.59 Å². The van der Waals surface area contributed by atoms with Crippen LogP contribution in [0.1, 0.15) is 46.5 Å². The third-order valence-electron chi connectivity index (χ3n) is 2.47. The molecule has 0 saturated heterocycles. The van der Waals surface area contributed by atoms with Crippen molar-refractivity contribution in [3.05, 3.63) is 12.3 Å². The van der Waals surface area contributed by atoms with Crippen LogP contribution < -0.4 is 5.73 Å². The molecule has 3 N–H and O–H groups in total. The summed E-state index contributed by atoms with van der Waals surface area (Å²) in [6, 6.07) is 0. The Labute approximate surface area is 108 Å². The minimum Gasteiger partial charge on any atom is -0.479 e. The number of carbonyl (C=O) groups excluding carboxylic acids is 1. The summed E-state index contributed by atoms with van der Waals surface area (Å²) in [5, 5.41) is 9.04. The summed E-state index contributed by atoms with van der Waals surface area (Å²) in [6.07, 6.45) is 5.79. The first-order valence-electron chi connectivity index (χ1n) is 6.23. The molecule has 0 unspecified atom stereocenters. The summed E-state index contributed by atoms with van der Waals surface area (Å²) >= 11 is 0. The van der Waals surface area contributed by atoms with Crippen molar-refractivity contribution in [2.24, 2.45) is 11.7 Å². The molecule has 0 aromatic carbocycles. The minimum absolute atomic E-state index is 0.0114. The van der Waals surface area contributed by atoms with Crippen molar-refractivity contribution in [2.75, 3.05) is 0 Å². The van der Waals surface area contributed by atoms with E-state index in [-0.39, 0.29) is 12.3 Å². The third kappa shape index (κ3) is 5.31. The lowest BCUT2D eigenvalue weighted by atomic mass is 9.90. The Morgan fingerprint density at radius 3 is 2.50 bits per heavy atom. The number of aliphatic carboxylic acids is 1. The van der Waals surface area contributed by atoms with Gasteiger partial charge in [-0.3, -0.25) is 0 Å². The maximum atomic E-state index is 11.7. The summed E-state index contributed by atoms with van der Waals surface area (Å²) in [7, 11) is 0. The van der Waals surface area contributed by atoms with Crippen LogP contribution in [-0.2, 0) is 14.3 Å². The van der Waals surface area contributed by atoms with Crippen LogP contribution in [0.5, 0.6) is 0 Å². The van der Waals surface area contributed by atoms with Crippen LogP contribution in [-0.4, -0.2) is 22.6 Å². The quantitative estimate of drug-likeness (QED) is 0.301. The molecule has 0 heterocycles. The van der Waals surface area contributed by atoms with Crippen LogP contribution in [0.15, 0.2) is 12.3 Å². The Bertz CT molecular complexity index is 312. The normalized spacial score (nSPS) is 14.7. The highest BCUT2D eigenvalue weighted by molar-refractivity contribution is 6.03. The van der Waals surface area contributed by atoms with Gasteiger partial charge in [0.2, 0.25) is 5.54 Å². The summed E-state index contributed by atoms with van der Waals surface area (Å²) in [6.45, 7) is 5.65. The molecule has 0 aromatic heterocycles. The second kappa shape index (κ2) is 7.87. The van der Waals surface area contributed by atoms with E-state index in [1.807, 2.05) is 0 Å². The van der Waals surface area contributed by atoms with Gasteiger partial charge in [0.25, 0.3) is 0 Å². The lowest BCUT2D eigenvalue weighted by Crippen LogP contribution is -2.56. The molecule has 1 atom stereocenters. The Morgan fingerprint density at radius 1 is 1.44 bits per heavy atom. The molecule has 0 amide bonds. The van der Waals surface area contributed by atoms with Gasteiger partial charge in [-0.15, -0.1) is 0 Å². The van der Waals surface area contributed by atoms with Crippen molar-refractivity contribution in [1.29, 1.82) is 0 Å². The largest absolute Gasteiger partial charge is 0.479 e. The molecule has 0 aliphatic carbocycles. The van der Waals surface area contributed by atoms with Gasteiger partial charge in [-0.1, -0.05) is 27.2 Å². The van der Waals surface area contributed by atoms with Gasteiger partial charge in [-0.2, -0.15) is 0 Å². The molecule has 104 valence electrons. The predicted octanol–water partition coefficient (Wildman–Crippen LogP) is 2.06. The van der Waals surface area contributed by atoms with Crippen LogP contribution in [0.4, 0.5) is 0 Å². The number of carboxylic acid groups (broad SMARTS) is 1. The molecule has 0 aromatic rings. The van der Waals surface area contributed by atoms with Gasteiger partial charge in [0.15, 0.2) is 0 Å². The van der Waals surface area contributed by atoms with Gasteiger partial charge in [0, 0.05) is 0 Å². The number of hydrogen-bond donors (Lipinski definition) is 2. The first kappa shape index (κ1) is 16.6. The number of unbranched alkanes of at least 4 members (excludes halogenated alkanes) is 2. The molecule has 0 fully saturated rings. The molecule has 0 aliphatic heterocycles. The molecule has 5 heteroatoms. The lowest BCUT2D eigenvalue weighted by molar-refractivity contribution is -0.158. The van der Waals surface area contributed by atoms with Crippen molar-refractivity contribution in [2.45, 2.75) is 52.0 Å². The fourth-order valence-electron chi connectivity index (χ4n) is 1.51. The van der Waals surface area contributed by atoms with Crippen molar-refractivity contribution < 1.29 is 19.4 Å². The van der Waals surface area contributed by atoms with Gasteiger partial charge in [0.05, 0.1) is 6.26 Å². The van der Waals surface area contributed by atoms with Gasteiger partial charge in [0.1, 0.15) is 0 Å². The van der Waals surface area contributed by atoms with Gasteiger partial charge in [-0.25, -0.2) is 9.59 Å². The zero-order valence-electron chi connectivity index (χ0n) is 11.3. The molecule has 18 heavy (non-hydrogen) atoms. The summed E-state index contributed by atoms with van der Waals surface area (Å²) in [5.74, 6) is -2.29. The predicted molar refractivity (Wildman–Crippen MR) is 68.8 cm³/mol. The van der Waals surface area contributed by atoms with Gasteiger partial charge < -0.3 is 15.6 Å². The second-order valence-corrected chi connectivity index (χ2v) is 4.79. The molecule has 0 saturated carbocycles. The van der Waals surface area contributed by atoms with Crippen LogP contribution in [0.2, 0.25) is 0 Å². The standard InChI is InChI=1S/C13H23NO4/c1-4-5-6-7-8-18-12(17)13(14,11(15)16)9-10(2)3/h7-8,10H,4-6,9,14H2,1-3H3,(H,15,16)/t13-/m0/s1. The van der Waals surface area contributed by atoms with Crippen LogP contribution in [0.3, 0.4) is 0 Å². The number of esters is 1. The van der Waals surface area contributed by atoms with Crippen molar-refractivity contribution in [1.82, 2.24) is 0 Å². The summed E-state index contributed by atoms with van der Waals surface area (Å²) in [4.78, 5) is 22.8. The number of ether oxygens (including phenoxy) is 1. The zero-order valence-corrected chi connectivity index (χ0v) is 11.3. The van der Waals surface area contributed by atoms with E-state index in [4.69, 9.17) is 15.6 Å². The average Bonchev–Trinajstić information content (AvgIpc) is 2.27. The van der Waals surface area contributed by atoms with Gasteiger partial charge >= 0.3 is 11.9 Å². The topological polar surface area (TPSA) is 89.6 Å². The summed E-state index contributed by atoms with van der Waals surface area (Å²) < 4.78 is 4.79. The van der Waals surface area contributed by atoms with Crippen LogP contribution in [0, 0.1) is 5.92 Å². The summed E-state index contributed by atoms with van der Waals surface area (Å²) in [5.41, 5.74) is 3.65. The smallest absolute Gasteiger partial charge is 0.342 e. The second-order valence-electron chi connectivity index (χ2n) is 4.79. The number of rotatable bonds is 8. The van der Waals surface area contributed by atoms with E-state index in [1.165, 1.54) is 6.26 Å². The number of carboxylic acids is 1. The highest BCUT2D eigenvalue weighted by atomic mass is 16.5. The molecular weight excluding hydrogens is 234 g/mol. The number of allylic oxidation sites excluding steroid dienone is 1. The van der Waals surface area contributed by atoms with Crippen molar-refractivity contribution >= 4 is 11.9 Å². The lowest BCUT2D eigenvalue weighted by Gasteiger charge is -2.23. The molecule has 0 bridgehead atoms. The molecular formula is C13H23NO4. The zero-order chi connectivity index (χ0) is 14.2. The Balaban J connectivity index is 4.49. The van der Waals surface area contributed by atoms with E-state index in [2.05, 4.69) is 6.92 Å². The molecule has 0 spiro atoms. The van der Waals surface area contributed by atoms with E-state index < -0.39 is 17.5 Å².